The maximum absolute atomic E-state index is 15.2. The Morgan fingerprint density at radius 3 is 2.44 bits per heavy atom. The summed E-state index contributed by atoms with van der Waals surface area (Å²) in [5.74, 6) is -1.28. The first-order valence-corrected chi connectivity index (χ1v) is 13.1. The zero-order valence-corrected chi connectivity index (χ0v) is 23.0. The Hall–Kier alpha value is -5.36. The molecule has 2 aromatic carbocycles. The molecule has 0 aliphatic carbocycles. The molecule has 0 spiro atoms. The van der Waals surface area contributed by atoms with Gasteiger partial charge in [-0.3, -0.25) is 14.6 Å². The molecule has 12 heteroatoms. The number of amides is 1. The second-order valence-corrected chi connectivity index (χ2v) is 9.64. The third kappa shape index (κ3) is 5.47. The Morgan fingerprint density at radius 1 is 0.977 bits per heavy atom. The van der Waals surface area contributed by atoms with E-state index in [0.717, 1.165) is 6.07 Å². The van der Waals surface area contributed by atoms with E-state index in [9.17, 15) is 14.0 Å². The summed E-state index contributed by atoms with van der Waals surface area (Å²) in [6, 6.07) is 12.4. The van der Waals surface area contributed by atoms with Crippen LogP contribution in [-0.2, 0) is 4.74 Å². The lowest BCUT2D eigenvalue weighted by Gasteiger charge is -2.29. The number of pyridine rings is 3. The molecule has 10 nitrogen and oxygen atoms in total. The van der Waals surface area contributed by atoms with Gasteiger partial charge in [0.1, 0.15) is 16.9 Å². The quantitative estimate of drug-likeness (QED) is 0.258. The van der Waals surface area contributed by atoms with Gasteiger partial charge in [-0.1, -0.05) is 12.1 Å². The molecular formula is C31H24F2N4O6. The summed E-state index contributed by atoms with van der Waals surface area (Å²) in [5, 5.41) is 2.59. The van der Waals surface area contributed by atoms with Gasteiger partial charge in [0.05, 0.1) is 39.0 Å². The van der Waals surface area contributed by atoms with Crippen LogP contribution in [0, 0.1) is 11.6 Å². The number of methoxy groups -OCH3 is 2. The normalized spacial score (nSPS) is 12.9. The van der Waals surface area contributed by atoms with Gasteiger partial charge in [-0.05, 0) is 29.8 Å². The van der Waals surface area contributed by atoms with Crippen molar-refractivity contribution < 1.29 is 32.5 Å². The van der Waals surface area contributed by atoms with Crippen LogP contribution in [0.3, 0.4) is 0 Å². The predicted octanol–water partition coefficient (Wildman–Crippen LogP) is 5.37. The minimum atomic E-state index is -0.771. The molecule has 0 radical (unpaired) electrons. The van der Waals surface area contributed by atoms with Crippen LogP contribution >= 0.6 is 0 Å². The molecule has 3 aromatic heterocycles. The lowest BCUT2D eigenvalue weighted by atomic mass is 10.0. The third-order valence-corrected chi connectivity index (χ3v) is 6.92. The number of carbonyl (C=O) groups is 1. The highest BCUT2D eigenvalue weighted by molar-refractivity contribution is 6.04. The molecule has 43 heavy (non-hydrogen) atoms. The minimum Gasteiger partial charge on any atom is -0.491 e. The van der Waals surface area contributed by atoms with E-state index in [-0.39, 0.29) is 40.2 Å². The molecule has 0 saturated carbocycles. The molecule has 4 heterocycles. The van der Waals surface area contributed by atoms with Crippen molar-refractivity contribution >= 4 is 22.6 Å². The molecule has 1 aliphatic heterocycles. The third-order valence-electron chi connectivity index (χ3n) is 6.92. The highest BCUT2D eigenvalue weighted by Gasteiger charge is 2.24. The topological polar surface area (TPSA) is 114 Å². The maximum Gasteiger partial charge on any atom is 0.261 e. The molecule has 0 atom stereocenters. The Morgan fingerprint density at radius 2 is 1.77 bits per heavy atom. The molecule has 6 rings (SSSR count). The first-order chi connectivity index (χ1) is 20.8. The van der Waals surface area contributed by atoms with Gasteiger partial charge in [0.15, 0.2) is 23.1 Å². The molecule has 1 saturated heterocycles. The molecule has 5 aromatic rings. The van der Waals surface area contributed by atoms with Crippen molar-refractivity contribution in [3.05, 3.63) is 101 Å². The number of carbonyl (C=O) groups excluding carboxylic acids is 1. The number of aromatic nitrogens is 3. The first-order valence-electron chi connectivity index (χ1n) is 13.1. The van der Waals surface area contributed by atoms with Gasteiger partial charge < -0.3 is 28.8 Å². The molecule has 218 valence electrons. The van der Waals surface area contributed by atoms with Crippen molar-refractivity contribution in [3.63, 3.8) is 0 Å². The number of ether oxygens (including phenoxy) is 4. The van der Waals surface area contributed by atoms with E-state index in [1.807, 2.05) is 0 Å². The Kier molecular flexibility index (Phi) is 7.43. The summed E-state index contributed by atoms with van der Waals surface area (Å²) >= 11 is 0. The number of halogens is 2. The van der Waals surface area contributed by atoms with Crippen molar-refractivity contribution in [1.29, 1.82) is 0 Å². The van der Waals surface area contributed by atoms with Crippen molar-refractivity contribution in [3.8, 4) is 34.3 Å². The molecule has 1 fully saturated rings. The number of hydrogen-bond acceptors (Lipinski definition) is 8. The van der Waals surface area contributed by atoms with Gasteiger partial charge in [0.2, 0.25) is 5.43 Å². The fraction of sp³-hybridized carbons (Fsp3) is 0.161. The number of fused-ring (bicyclic) bond motifs is 1. The van der Waals surface area contributed by atoms with Gasteiger partial charge in [-0.15, -0.1) is 0 Å². The number of hydrogen-bond donors (Lipinski definition) is 1. The van der Waals surface area contributed by atoms with Crippen molar-refractivity contribution in [2.75, 3.05) is 32.8 Å². The lowest BCUT2D eigenvalue weighted by molar-refractivity contribution is -0.0235. The standard InChI is InChI=1S/C31H24F2N4O6/c1-40-27-12-24-28(36-31(27)41-2)26(9-10-34-24)43-25-8-7-19(11-23(25)33)35-30(39)22-14-37(20-15-42-16-20)13-21(29(22)38)17-3-5-18(32)6-4-17/h3-14,20H,15-16H2,1-2H3,(H,35,39). The summed E-state index contributed by atoms with van der Waals surface area (Å²) < 4.78 is 52.1. The van der Waals surface area contributed by atoms with E-state index in [0.29, 0.717) is 35.6 Å². The maximum atomic E-state index is 15.2. The zero-order valence-electron chi connectivity index (χ0n) is 23.0. The van der Waals surface area contributed by atoms with Crippen LogP contribution in [0.25, 0.3) is 22.2 Å². The lowest BCUT2D eigenvalue weighted by Crippen LogP contribution is -2.33. The Bertz CT molecular complexity index is 1910. The summed E-state index contributed by atoms with van der Waals surface area (Å²) in [6.45, 7) is 0.837. The van der Waals surface area contributed by atoms with E-state index >= 15 is 4.39 Å². The van der Waals surface area contributed by atoms with Gasteiger partial charge in [0, 0.05) is 48.0 Å². The first kappa shape index (κ1) is 27.8. The number of nitrogens with one attached hydrogen (secondary N) is 1. The Balaban J connectivity index is 1.28. The summed E-state index contributed by atoms with van der Waals surface area (Å²) in [7, 11) is 2.92. The second kappa shape index (κ2) is 11.5. The number of benzene rings is 2. The van der Waals surface area contributed by atoms with Crippen LogP contribution in [0.1, 0.15) is 16.4 Å². The van der Waals surface area contributed by atoms with Gasteiger partial charge in [0.25, 0.3) is 11.8 Å². The van der Waals surface area contributed by atoms with Crippen LogP contribution in [-0.4, -0.2) is 47.9 Å². The van der Waals surface area contributed by atoms with E-state index in [4.69, 9.17) is 18.9 Å². The highest BCUT2D eigenvalue weighted by atomic mass is 19.1. The second-order valence-electron chi connectivity index (χ2n) is 9.64. The fourth-order valence-corrected chi connectivity index (χ4v) is 4.57. The molecule has 0 bridgehead atoms. The zero-order chi connectivity index (χ0) is 30.1. The summed E-state index contributed by atoms with van der Waals surface area (Å²) in [4.78, 5) is 35.3. The highest BCUT2D eigenvalue weighted by Crippen LogP contribution is 2.35. The van der Waals surface area contributed by atoms with Crippen LogP contribution in [0.4, 0.5) is 14.5 Å². The van der Waals surface area contributed by atoms with Gasteiger partial charge in [-0.25, -0.2) is 13.8 Å². The molecule has 1 amide bonds. The van der Waals surface area contributed by atoms with Crippen LogP contribution in [0.15, 0.2) is 78.0 Å². The monoisotopic (exact) mass is 586 g/mol. The van der Waals surface area contributed by atoms with E-state index < -0.39 is 23.0 Å². The number of rotatable bonds is 8. The van der Waals surface area contributed by atoms with Crippen LogP contribution in [0.5, 0.6) is 23.1 Å². The minimum absolute atomic E-state index is 0.0694. The number of nitrogens with zero attached hydrogens (tertiary/aromatic N) is 3. The molecular weight excluding hydrogens is 562 g/mol. The average Bonchev–Trinajstić information content (AvgIpc) is 2.98. The SMILES string of the molecule is COc1cc2nccc(Oc3ccc(NC(=O)c4cn(C5COC5)cc(-c5ccc(F)cc5)c4=O)cc3F)c2nc1OC. The molecule has 0 unspecified atom stereocenters. The van der Waals surface area contributed by atoms with Crippen molar-refractivity contribution in [2.45, 2.75) is 6.04 Å². The van der Waals surface area contributed by atoms with E-state index in [1.165, 1.54) is 69.1 Å². The van der Waals surface area contributed by atoms with Gasteiger partial charge in [-0.2, -0.15) is 0 Å². The molecule has 1 N–H and O–H groups in total. The van der Waals surface area contributed by atoms with Crippen molar-refractivity contribution in [2.24, 2.45) is 0 Å². The summed E-state index contributed by atoms with van der Waals surface area (Å²) in [5.41, 5.74) is 0.841. The fourth-order valence-electron chi connectivity index (χ4n) is 4.57. The van der Waals surface area contributed by atoms with Crippen molar-refractivity contribution in [1.82, 2.24) is 14.5 Å². The average molecular weight is 587 g/mol. The van der Waals surface area contributed by atoms with E-state index in [1.54, 1.807) is 16.8 Å². The summed E-state index contributed by atoms with van der Waals surface area (Å²) in [6.07, 6.45) is 4.55. The predicted molar refractivity (Wildman–Crippen MR) is 153 cm³/mol. The van der Waals surface area contributed by atoms with Gasteiger partial charge >= 0.3 is 0 Å². The van der Waals surface area contributed by atoms with E-state index in [2.05, 4.69) is 15.3 Å². The van der Waals surface area contributed by atoms with Crippen LogP contribution in [0.2, 0.25) is 0 Å². The number of anilines is 1. The largest absolute Gasteiger partial charge is 0.491 e. The molecule has 1 aliphatic rings. The Labute approximate surface area is 243 Å². The van der Waals surface area contributed by atoms with Crippen LogP contribution < -0.4 is 25.0 Å². The smallest absolute Gasteiger partial charge is 0.261 e.